The van der Waals surface area contributed by atoms with Gasteiger partial charge in [-0.25, -0.2) is 14.2 Å². The van der Waals surface area contributed by atoms with E-state index in [1.54, 1.807) is 0 Å². The number of fused-ring (bicyclic) bond motifs is 1. The van der Waals surface area contributed by atoms with Crippen molar-refractivity contribution >= 4 is 16.9 Å². The molecule has 1 unspecified atom stereocenters. The monoisotopic (exact) mass is 474 g/mol. The van der Waals surface area contributed by atoms with Gasteiger partial charge >= 0.3 is 5.97 Å². The molecule has 0 radical (unpaired) electrons. The Kier molecular flexibility index (Phi) is 8.00. The van der Waals surface area contributed by atoms with Crippen molar-refractivity contribution in [1.82, 2.24) is 9.97 Å². The molecule has 7 heteroatoms. The van der Waals surface area contributed by atoms with Gasteiger partial charge in [-0.15, -0.1) is 0 Å². The Labute approximate surface area is 203 Å². The third-order valence-electron chi connectivity index (χ3n) is 5.53. The van der Waals surface area contributed by atoms with Crippen LogP contribution >= 0.6 is 0 Å². The highest BCUT2D eigenvalue weighted by atomic mass is 19.1. The third kappa shape index (κ3) is 6.19. The molecule has 0 fully saturated rings. The van der Waals surface area contributed by atoms with Crippen molar-refractivity contribution in [3.63, 3.8) is 0 Å². The summed E-state index contributed by atoms with van der Waals surface area (Å²) in [6, 6.07) is 21.4. The maximum absolute atomic E-state index is 13.2. The highest BCUT2D eigenvalue weighted by Gasteiger charge is 2.22. The van der Waals surface area contributed by atoms with E-state index in [-0.39, 0.29) is 5.82 Å². The number of aromatic nitrogens is 2. The molecule has 0 aliphatic carbocycles. The first-order valence-electron chi connectivity index (χ1n) is 11.5. The second-order valence-corrected chi connectivity index (χ2v) is 8.12. The molecule has 0 saturated carbocycles. The summed E-state index contributed by atoms with van der Waals surface area (Å²) < 4.78 is 29.8. The number of carbonyl (C=O) groups is 1. The summed E-state index contributed by atoms with van der Waals surface area (Å²) in [5.41, 5.74) is 3.46. The van der Waals surface area contributed by atoms with Crippen molar-refractivity contribution in [3.05, 3.63) is 89.7 Å². The molecule has 180 valence electrons. The minimum atomic E-state index is -0.899. The molecular weight excluding hydrogens is 447 g/mol. The van der Waals surface area contributed by atoms with Crippen LogP contribution in [0.2, 0.25) is 0 Å². The Hall–Kier alpha value is -3.84. The molecular formula is C28H27FN2O4. The number of rotatable bonds is 10. The molecule has 1 atom stereocenters. The van der Waals surface area contributed by atoms with Crippen molar-refractivity contribution in [2.24, 2.45) is 0 Å². The molecule has 0 bridgehead atoms. The fraction of sp³-hybridized carbons (Fsp3) is 0.250. The van der Waals surface area contributed by atoms with Gasteiger partial charge in [-0.05, 0) is 49.6 Å². The first-order valence-corrected chi connectivity index (χ1v) is 11.5. The molecule has 0 N–H and O–H groups in total. The van der Waals surface area contributed by atoms with E-state index in [0.29, 0.717) is 43.3 Å². The van der Waals surface area contributed by atoms with Crippen LogP contribution in [0.1, 0.15) is 30.1 Å². The average molecular weight is 475 g/mol. The predicted molar refractivity (Wildman–Crippen MR) is 132 cm³/mol. The Morgan fingerprint density at radius 1 is 0.914 bits per heavy atom. The fourth-order valence-electron chi connectivity index (χ4n) is 3.61. The minimum Gasteiger partial charge on any atom is -0.477 e. The smallest absolute Gasteiger partial charge is 0.339 e. The number of unbranched alkanes of at least 4 members (excludes halogenated alkanes) is 1. The van der Waals surface area contributed by atoms with E-state index in [0.717, 1.165) is 16.5 Å². The zero-order valence-corrected chi connectivity index (χ0v) is 19.7. The zero-order valence-electron chi connectivity index (χ0n) is 19.7. The van der Waals surface area contributed by atoms with Crippen LogP contribution in [0.15, 0.2) is 72.8 Å². The van der Waals surface area contributed by atoms with E-state index >= 15 is 0 Å². The Morgan fingerprint density at radius 2 is 1.63 bits per heavy atom. The Bertz CT molecular complexity index is 1280. The van der Waals surface area contributed by atoms with Gasteiger partial charge in [0.25, 0.3) is 0 Å². The van der Waals surface area contributed by atoms with Crippen molar-refractivity contribution in [1.29, 1.82) is 0 Å². The topological polar surface area (TPSA) is 70.5 Å². The van der Waals surface area contributed by atoms with Crippen LogP contribution in [0.5, 0.6) is 5.88 Å². The summed E-state index contributed by atoms with van der Waals surface area (Å²) in [7, 11) is 1.30. The van der Waals surface area contributed by atoms with Crippen LogP contribution in [0.25, 0.3) is 22.3 Å². The van der Waals surface area contributed by atoms with Crippen LogP contribution in [0.3, 0.4) is 0 Å². The maximum Gasteiger partial charge on any atom is 0.339 e. The molecule has 0 aliphatic heterocycles. The van der Waals surface area contributed by atoms with Gasteiger partial charge < -0.3 is 14.2 Å². The first-order chi connectivity index (χ1) is 17.0. The molecule has 3 aromatic carbocycles. The lowest BCUT2D eigenvalue weighted by atomic mass is 10.1. The molecule has 1 heterocycles. The van der Waals surface area contributed by atoms with E-state index in [4.69, 9.17) is 19.2 Å². The molecule has 0 aliphatic rings. The van der Waals surface area contributed by atoms with Crippen molar-refractivity contribution in [2.75, 3.05) is 20.3 Å². The Balaban J connectivity index is 1.37. The van der Waals surface area contributed by atoms with Crippen LogP contribution in [0, 0.1) is 12.7 Å². The number of hydrogen-bond acceptors (Lipinski definition) is 6. The quantitative estimate of drug-likeness (QED) is 0.213. The Morgan fingerprint density at radius 3 is 2.37 bits per heavy atom. The lowest BCUT2D eigenvalue weighted by molar-refractivity contribution is -0.154. The third-order valence-corrected chi connectivity index (χ3v) is 5.53. The molecule has 4 aromatic rings. The molecule has 0 saturated heterocycles. The summed E-state index contributed by atoms with van der Waals surface area (Å²) in [6.07, 6.45) is 0.447. The molecule has 4 rings (SSSR count). The summed E-state index contributed by atoms with van der Waals surface area (Å²) in [5.74, 6) is 0.245. The van der Waals surface area contributed by atoms with Gasteiger partial charge in [0.1, 0.15) is 5.82 Å². The van der Waals surface area contributed by atoms with Gasteiger partial charge in [-0.2, -0.15) is 4.98 Å². The molecule has 6 nitrogen and oxygen atoms in total. The van der Waals surface area contributed by atoms with Crippen LogP contribution in [0.4, 0.5) is 4.39 Å². The normalized spacial score (nSPS) is 11.9. The lowest BCUT2D eigenvalue weighted by Gasteiger charge is -2.16. The van der Waals surface area contributed by atoms with Gasteiger partial charge in [-0.3, -0.25) is 0 Å². The number of ether oxygens (including phenoxy) is 3. The second-order valence-electron chi connectivity index (χ2n) is 8.12. The highest BCUT2D eigenvalue weighted by Crippen LogP contribution is 2.27. The number of para-hydroxylation sites is 1. The molecule has 0 amide bonds. The second kappa shape index (κ2) is 11.5. The maximum atomic E-state index is 13.2. The average Bonchev–Trinajstić information content (AvgIpc) is 2.88. The van der Waals surface area contributed by atoms with E-state index in [9.17, 15) is 9.18 Å². The predicted octanol–water partition coefficient (Wildman–Crippen LogP) is 5.83. The lowest BCUT2D eigenvalue weighted by Crippen LogP contribution is -2.18. The van der Waals surface area contributed by atoms with Gasteiger partial charge in [0, 0.05) is 12.2 Å². The number of aryl methyl sites for hydroxylation is 1. The van der Waals surface area contributed by atoms with Gasteiger partial charge in [0.15, 0.2) is 11.9 Å². The van der Waals surface area contributed by atoms with Gasteiger partial charge in [-0.1, -0.05) is 54.1 Å². The van der Waals surface area contributed by atoms with Crippen molar-refractivity contribution < 1.29 is 23.4 Å². The number of halogens is 1. The van der Waals surface area contributed by atoms with Crippen molar-refractivity contribution in [3.8, 4) is 17.3 Å². The van der Waals surface area contributed by atoms with Gasteiger partial charge in [0.2, 0.25) is 5.88 Å². The number of esters is 1. The number of methoxy groups -OCH3 is 1. The summed E-state index contributed by atoms with van der Waals surface area (Å²) >= 11 is 0. The fourth-order valence-corrected chi connectivity index (χ4v) is 3.61. The van der Waals surface area contributed by atoms with Gasteiger partial charge in [0.05, 0.1) is 24.6 Å². The van der Waals surface area contributed by atoms with E-state index in [2.05, 4.69) is 4.98 Å². The standard InChI is InChI=1S/C28H27FN2O4/c1-19-9-11-21(12-10-19)26-30-24-8-4-3-7-23(24)27(31-26)35-18-6-5-17-34-25(28(32)33-2)20-13-15-22(29)16-14-20/h3-4,7-16,25H,5-6,17-18H2,1-2H3. The highest BCUT2D eigenvalue weighted by molar-refractivity contribution is 5.85. The number of carbonyl (C=O) groups excluding carboxylic acids is 1. The summed E-state index contributed by atoms with van der Waals surface area (Å²) in [4.78, 5) is 21.5. The zero-order chi connectivity index (χ0) is 24.6. The van der Waals surface area contributed by atoms with Crippen LogP contribution in [-0.2, 0) is 14.3 Å². The van der Waals surface area contributed by atoms with Crippen LogP contribution < -0.4 is 4.74 Å². The largest absolute Gasteiger partial charge is 0.477 e. The molecule has 1 aromatic heterocycles. The molecule has 35 heavy (non-hydrogen) atoms. The number of benzene rings is 3. The van der Waals surface area contributed by atoms with Crippen LogP contribution in [-0.4, -0.2) is 36.3 Å². The summed E-state index contributed by atoms with van der Waals surface area (Å²) in [5, 5.41) is 0.849. The first kappa shape index (κ1) is 24.3. The number of hydrogen-bond donors (Lipinski definition) is 0. The van der Waals surface area contributed by atoms with E-state index < -0.39 is 12.1 Å². The number of nitrogens with zero attached hydrogens (tertiary/aromatic N) is 2. The van der Waals surface area contributed by atoms with E-state index in [1.165, 1.54) is 36.9 Å². The minimum absolute atomic E-state index is 0.319. The summed E-state index contributed by atoms with van der Waals surface area (Å²) in [6.45, 7) is 2.78. The molecule has 0 spiro atoms. The van der Waals surface area contributed by atoms with E-state index in [1.807, 2.05) is 55.5 Å². The van der Waals surface area contributed by atoms with Crippen molar-refractivity contribution in [2.45, 2.75) is 25.9 Å². The SMILES string of the molecule is COC(=O)C(OCCCCOc1nc(-c2ccc(C)cc2)nc2ccccc12)c1ccc(F)cc1.